The lowest BCUT2D eigenvalue weighted by atomic mass is 9.99. The van der Waals surface area contributed by atoms with Gasteiger partial charge in [0.2, 0.25) is 0 Å². The fourth-order valence-corrected chi connectivity index (χ4v) is 2.44. The monoisotopic (exact) mass is 305 g/mol. The zero-order valence-corrected chi connectivity index (χ0v) is 14.6. The highest BCUT2D eigenvalue weighted by Gasteiger charge is 2.12. The second kappa shape index (κ2) is 10.3. The Morgan fingerprint density at radius 2 is 1.77 bits per heavy atom. The smallest absolute Gasteiger partial charge is 0.338 e. The summed E-state index contributed by atoms with van der Waals surface area (Å²) in [6.07, 6.45) is 7.31. The maximum absolute atomic E-state index is 12.1. The number of hydrogen-bond donors (Lipinski definition) is 0. The Labute approximate surface area is 135 Å². The molecule has 0 saturated heterocycles. The molecule has 0 spiro atoms. The van der Waals surface area contributed by atoms with E-state index in [9.17, 15) is 4.79 Å². The number of esters is 1. The molecule has 1 rings (SSSR count). The number of benzene rings is 1. The van der Waals surface area contributed by atoms with Crippen molar-refractivity contribution < 1.29 is 9.53 Å². The number of carbonyl (C=O) groups excluding carboxylic acids is 1. The third kappa shape index (κ3) is 6.50. The molecule has 0 aromatic heterocycles. The lowest BCUT2D eigenvalue weighted by Crippen LogP contribution is -2.14. The van der Waals surface area contributed by atoms with Crippen LogP contribution in [0.5, 0.6) is 0 Å². The summed E-state index contributed by atoms with van der Waals surface area (Å²) in [6, 6.07) is 7.55. The Morgan fingerprint density at radius 1 is 1.09 bits per heavy atom. The van der Waals surface area contributed by atoms with Crippen LogP contribution in [0.25, 0.3) is 0 Å². The number of anilines is 1. The quantitative estimate of drug-likeness (QED) is 0.454. The molecule has 0 radical (unpaired) electrons. The lowest BCUT2D eigenvalue weighted by molar-refractivity contribution is 0.0428. The van der Waals surface area contributed by atoms with Crippen LogP contribution in [-0.4, -0.2) is 26.7 Å². The van der Waals surface area contributed by atoms with Gasteiger partial charge in [0.05, 0.1) is 12.2 Å². The molecule has 124 valence electrons. The maximum atomic E-state index is 12.1. The number of unbranched alkanes of at least 4 members (excludes halogenated alkanes) is 3. The summed E-state index contributed by atoms with van der Waals surface area (Å²) in [5, 5.41) is 0. The predicted molar refractivity (Wildman–Crippen MR) is 93.6 cm³/mol. The number of nitrogens with zero attached hydrogens (tertiary/aromatic N) is 1. The fourth-order valence-electron chi connectivity index (χ4n) is 2.44. The van der Waals surface area contributed by atoms with Crippen molar-refractivity contribution in [1.82, 2.24) is 0 Å². The Bertz CT molecular complexity index is 426. The zero-order valence-electron chi connectivity index (χ0n) is 14.6. The molecule has 0 aliphatic carbocycles. The molecule has 1 aromatic rings. The van der Waals surface area contributed by atoms with Gasteiger partial charge in [-0.05, 0) is 36.6 Å². The second-order valence-electron chi connectivity index (χ2n) is 6.16. The van der Waals surface area contributed by atoms with E-state index in [4.69, 9.17) is 4.74 Å². The molecular formula is C19H31NO2. The Balaban J connectivity index is 2.39. The van der Waals surface area contributed by atoms with Gasteiger partial charge in [-0.15, -0.1) is 0 Å². The van der Waals surface area contributed by atoms with Gasteiger partial charge in [-0.3, -0.25) is 0 Å². The number of hydrogen-bond acceptors (Lipinski definition) is 3. The van der Waals surface area contributed by atoms with Crippen LogP contribution in [-0.2, 0) is 4.74 Å². The van der Waals surface area contributed by atoms with Gasteiger partial charge in [-0.2, -0.15) is 0 Å². The van der Waals surface area contributed by atoms with Crippen LogP contribution in [0, 0.1) is 5.92 Å². The SMILES string of the molecule is CCCCCCC(CC)COC(=O)c1ccc(N(C)C)cc1. The van der Waals surface area contributed by atoms with Gasteiger partial charge in [-0.25, -0.2) is 4.79 Å². The van der Waals surface area contributed by atoms with E-state index in [-0.39, 0.29) is 5.97 Å². The van der Waals surface area contributed by atoms with E-state index in [1.165, 1.54) is 25.7 Å². The van der Waals surface area contributed by atoms with Crippen molar-refractivity contribution >= 4 is 11.7 Å². The molecule has 0 aliphatic heterocycles. The molecule has 0 fully saturated rings. The molecule has 3 heteroatoms. The van der Waals surface area contributed by atoms with Crippen LogP contribution < -0.4 is 4.90 Å². The number of rotatable bonds is 10. The first kappa shape index (κ1) is 18.5. The summed E-state index contributed by atoms with van der Waals surface area (Å²) in [5.74, 6) is 0.277. The normalized spacial score (nSPS) is 12.0. The summed E-state index contributed by atoms with van der Waals surface area (Å²) < 4.78 is 5.49. The van der Waals surface area contributed by atoms with Gasteiger partial charge in [0.1, 0.15) is 0 Å². The van der Waals surface area contributed by atoms with Crippen molar-refractivity contribution in [2.75, 3.05) is 25.6 Å². The molecule has 0 amide bonds. The average molecular weight is 305 g/mol. The standard InChI is InChI=1S/C19H31NO2/c1-5-7-8-9-10-16(6-2)15-22-19(21)17-11-13-18(14-12-17)20(3)4/h11-14,16H,5-10,15H2,1-4H3. The van der Waals surface area contributed by atoms with E-state index in [0.717, 1.165) is 18.5 Å². The van der Waals surface area contributed by atoms with Crippen LogP contribution in [0.3, 0.4) is 0 Å². The van der Waals surface area contributed by atoms with Crippen molar-refractivity contribution in [3.8, 4) is 0 Å². The van der Waals surface area contributed by atoms with Gasteiger partial charge in [-0.1, -0.05) is 46.0 Å². The molecule has 0 bridgehead atoms. The first-order chi connectivity index (χ1) is 10.6. The summed E-state index contributed by atoms with van der Waals surface area (Å²) in [5.41, 5.74) is 1.71. The van der Waals surface area contributed by atoms with E-state index in [0.29, 0.717) is 18.1 Å². The molecular weight excluding hydrogens is 274 g/mol. The minimum Gasteiger partial charge on any atom is -0.462 e. The Morgan fingerprint density at radius 3 is 2.32 bits per heavy atom. The Kier molecular flexibility index (Phi) is 8.64. The summed E-state index contributed by atoms with van der Waals surface area (Å²) >= 11 is 0. The predicted octanol–water partition coefficient (Wildman–Crippen LogP) is 4.91. The van der Waals surface area contributed by atoms with E-state index in [2.05, 4.69) is 13.8 Å². The van der Waals surface area contributed by atoms with Crippen molar-refractivity contribution in [2.45, 2.75) is 52.4 Å². The van der Waals surface area contributed by atoms with Crippen LogP contribution in [0.2, 0.25) is 0 Å². The molecule has 1 aromatic carbocycles. The van der Waals surface area contributed by atoms with Crippen molar-refractivity contribution in [3.63, 3.8) is 0 Å². The molecule has 0 heterocycles. The summed E-state index contributed by atoms with van der Waals surface area (Å²) in [6.45, 7) is 4.93. The van der Waals surface area contributed by atoms with Crippen LogP contribution >= 0.6 is 0 Å². The molecule has 0 aliphatic rings. The van der Waals surface area contributed by atoms with E-state index in [1.54, 1.807) is 0 Å². The molecule has 22 heavy (non-hydrogen) atoms. The molecule has 0 saturated carbocycles. The van der Waals surface area contributed by atoms with Gasteiger partial charge in [0, 0.05) is 19.8 Å². The maximum Gasteiger partial charge on any atom is 0.338 e. The highest BCUT2D eigenvalue weighted by atomic mass is 16.5. The molecule has 1 unspecified atom stereocenters. The van der Waals surface area contributed by atoms with Crippen LogP contribution in [0.15, 0.2) is 24.3 Å². The van der Waals surface area contributed by atoms with Crippen molar-refractivity contribution in [1.29, 1.82) is 0 Å². The third-order valence-corrected chi connectivity index (χ3v) is 4.11. The highest BCUT2D eigenvalue weighted by Crippen LogP contribution is 2.17. The lowest BCUT2D eigenvalue weighted by Gasteiger charge is -2.15. The zero-order chi connectivity index (χ0) is 16.4. The summed E-state index contributed by atoms with van der Waals surface area (Å²) in [7, 11) is 3.97. The first-order valence-electron chi connectivity index (χ1n) is 8.53. The average Bonchev–Trinajstić information content (AvgIpc) is 2.54. The summed E-state index contributed by atoms with van der Waals surface area (Å²) in [4.78, 5) is 14.1. The van der Waals surface area contributed by atoms with Crippen molar-refractivity contribution in [2.24, 2.45) is 5.92 Å². The highest BCUT2D eigenvalue weighted by molar-refractivity contribution is 5.89. The molecule has 0 N–H and O–H groups in total. The number of carbonyl (C=O) groups is 1. The first-order valence-corrected chi connectivity index (χ1v) is 8.53. The van der Waals surface area contributed by atoms with Crippen molar-refractivity contribution in [3.05, 3.63) is 29.8 Å². The third-order valence-electron chi connectivity index (χ3n) is 4.11. The van der Waals surface area contributed by atoms with E-state index >= 15 is 0 Å². The van der Waals surface area contributed by atoms with E-state index in [1.807, 2.05) is 43.3 Å². The van der Waals surface area contributed by atoms with Gasteiger partial charge in [0.25, 0.3) is 0 Å². The minimum atomic E-state index is -0.211. The minimum absolute atomic E-state index is 0.211. The fraction of sp³-hybridized carbons (Fsp3) is 0.632. The second-order valence-corrected chi connectivity index (χ2v) is 6.16. The van der Waals surface area contributed by atoms with Gasteiger partial charge in [0.15, 0.2) is 0 Å². The number of ether oxygens (including phenoxy) is 1. The molecule has 1 atom stereocenters. The van der Waals surface area contributed by atoms with Gasteiger partial charge >= 0.3 is 5.97 Å². The van der Waals surface area contributed by atoms with Crippen LogP contribution in [0.4, 0.5) is 5.69 Å². The van der Waals surface area contributed by atoms with Crippen LogP contribution in [0.1, 0.15) is 62.7 Å². The largest absolute Gasteiger partial charge is 0.462 e. The topological polar surface area (TPSA) is 29.5 Å². The van der Waals surface area contributed by atoms with Gasteiger partial charge < -0.3 is 9.64 Å². The molecule has 3 nitrogen and oxygen atoms in total. The van der Waals surface area contributed by atoms with E-state index < -0.39 is 0 Å². The Hall–Kier alpha value is -1.51.